The van der Waals surface area contributed by atoms with Gasteiger partial charge in [-0.25, -0.2) is 13.4 Å². The molecule has 6 nitrogen and oxygen atoms in total. The van der Waals surface area contributed by atoms with Crippen molar-refractivity contribution in [3.05, 3.63) is 35.0 Å². The summed E-state index contributed by atoms with van der Waals surface area (Å²) in [6.07, 6.45) is 0.526. The van der Waals surface area contributed by atoms with E-state index in [1.165, 1.54) is 11.8 Å². The third kappa shape index (κ3) is 4.60. The van der Waals surface area contributed by atoms with Crippen molar-refractivity contribution in [1.29, 1.82) is 0 Å². The Morgan fingerprint density at radius 1 is 1.28 bits per heavy atom. The minimum absolute atomic E-state index is 0.0497. The predicted octanol–water partition coefficient (Wildman–Crippen LogP) is 3.99. The Balaban J connectivity index is 1.50. The highest BCUT2D eigenvalue weighted by molar-refractivity contribution is 7.99. The Kier molecular flexibility index (Phi) is 6.14. The summed E-state index contributed by atoms with van der Waals surface area (Å²) in [5.74, 6) is 0.418. The molecular weight excluding hydrogens is 446 g/mol. The lowest BCUT2D eigenvalue weighted by Crippen LogP contribution is -2.41. The predicted molar refractivity (Wildman–Crippen MR) is 120 cm³/mol. The number of aromatic nitrogens is 2. The molecule has 0 aliphatic carbocycles. The highest BCUT2D eigenvalue weighted by Crippen LogP contribution is 2.36. The molecule has 1 saturated heterocycles. The third-order valence-corrected chi connectivity index (χ3v) is 9.22. The molecule has 1 N–H and O–H groups in total. The molecule has 1 amide bonds. The van der Waals surface area contributed by atoms with Crippen LogP contribution in [-0.2, 0) is 14.6 Å². The van der Waals surface area contributed by atoms with Gasteiger partial charge in [-0.3, -0.25) is 4.79 Å². The largest absolute Gasteiger partial charge is 0.338 e. The minimum atomic E-state index is -3.02. The van der Waals surface area contributed by atoms with Crippen LogP contribution in [0.15, 0.2) is 40.2 Å². The normalized spacial score (nSPS) is 18.2. The number of carbonyl (C=O) groups excluding carboxylic acids is 1. The Labute approximate surface area is 182 Å². The lowest BCUT2D eigenvalue weighted by atomic mass is 10.2. The summed E-state index contributed by atoms with van der Waals surface area (Å²) in [7, 11) is -3.02. The van der Waals surface area contributed by atoms with E-state index in [1.54, 1.807) is 27.6 Å². The number of thiophene rings is 2. The number of rotatable bonds is 7. The van der Waals surface area contributed by atoms with Crippen LogP contribution in [0.1, 0.15) is 13.3 Å². The number of imidazole rings is 1. The summed E-state index contributed by atoms with van der Waals surface area (Å²) in [4.78, 5) is 24.8. The molecule has 1 aliphatic rings. The zero-order chi connectivity index (χ0) is 20.4. The molecule has 0 spiro atoms. The van der Waals surface area contributed by atoms with E-state index in [9.17, 15) is 13.2 Å². The topological polar surface area (TPSA) is 83.1 Å². The molecule has 1 fully saturated rings. The molecule has 0 aromatic carbocycles. The van der Waals surface area contributed by atoms with Crippen molar-refractivity contribution in [3.63, 3.8) is 0 Å². The molecular formula is C19H21N3O3S4. The molecule has 0 radical (unpaired) electrons. The Morgan fingerprint density at radius 3 is 2.59 bits per heavy atom. The van der Waals surface area contributed by atoms with Crippen LogP contribution in [0, 0.1) is 0 Å². The lowest BCUT2D eigenvalue weighted by Gasteiger charge is -2.26. The molecule has 1 atom stereocenters. The quantitative estimate of drug-likeness (QED) is 0.531. The van der Waals surface area contributed by atoms with Gasteiger partial charge in [-0.1, -0.05) is 23.9 Å². The highest BCUT2D eigenvalue weighted by Gasteiger charge is 2.33. The number of sulfone groups is 1. The SMILES string of the molecule is CCN(C(=O)CSc1nc(-c2cccs2)c(-c2cccs2)[nH]1)C1CCS(=O)(=O)C1. The molecule has 1 unspecified atom stereocenters. The van der Waals surface area contributed by atoms with Gasteiger partial charge in [-0.05, 0) is 36.2 Å². The molecule has 1 aliphatic heterocycles. The monoisotopic (exact) mass is 467 g/mol. The average molecular weight is 468 g/mol. The van der Waals surface area contributed by atoms with Crippen LogP contribution in [0.2, 0.25) is 0 Å². The summed E-state index contributed by atoms with van der Waals surface area (Å²) < 4.78 is 23.5. The van der Waals surface area contributed by atoms with E-state index < -0.39 is 9.84 Å². The number of nitrogens with one attached hydrogen (secondary N) is 1. The van der Waals surface area contributed by atoms with Gasteiger partial charge < -0.3 is 9.88 Å². The first-order chi connectivity index (χ1) is 14.0. The van der Waals surface area contributed by atoms with Crippen molar-refractivity contribution in [2.45, 2.75) is 24.5 Å². The molecule has 4 heterocycles. The van der Waals surface area contributed by atoms with Crippen LogP contribution in [0.25, 0.3) is 21.1 Å². The Bertz CT molecular complexity index is 1020. The first-order valence-corrected chi connectivity index (χ1v) is 13.8. The maximum atomic E-state index is 12.8. The van der Waals surface area contributed by atoms with Gasteiger partial charge in [0.1, 0.15) is 5.69 Å². The zero-order valence-electron chi connectivity index (χ0n) is 15.8. The summed E-state index contributed by atoms with van der Waals surface area (Å²) in [6, 6.07) is 7.88. The summed E-state index contributed by atoms with van der Waals surface area (Å²) in [5, 5.41) is 4.74. The van der Waals surface area contributed by atoms with E-state index in [0.717, 1.165) is 21.1 Å². The van der Waals surface area contributed by atoms with Crippen molar-refractivity contribution in [1.82, 2.24) is 14.9 Å². The summed E-state index contributed by atoms with van der Waals surface area (Å²) in [5.41, 5.74) is 1.86. The van der Waals surface area contributed by atoms with Gasteiger partial charge in [-0.2, -0.15) is 0 Å². The first kappa shape index (κ1) is 20.6. The fourth-order valence-corrected chi connectivity index (χ4v) is 7.42. The van der Waals surface area contributed by atoms with Crippen molar-refractivity contribution in [2.75, 3.05) is 23.8 Å². The summed E-state index contributed by atoms with van der Waals surface area (Å²) in [6.45, 7) is 2.41. The number of hydrogen-bond donors (Lipinski definition) is 1. The van der Waals surface area contributed by atoms with Crippen molar-refractivity contribution >= 4 is 50.2 Å². The average Bonchev–Trinajstić information content (AvgIpc) is 3.46. The molecule has 0 saturated carbocycles. The van der Waals surface area contributed by atoms with Crippen molar-refractivity contribution in [3.8, 4) is 21.1 Å². The molecule has 29 heavy (non-hydrogen) atoms. The van der Waals surface area contributed by atoms with Gasteiger partial charge in [0.05, 0.1) is 32.7 Å². The Morgan fingerprint density at radius 2 is 2.00 bits per heavy atom. The molecule has 4 rings (SSSR count). The van der Waals surface area contributed by atoms with Gasteiger partial charge in [0.2, 0.25) is 5.91 Å². The van der Waals surface area contributed by atoms with Crippen LogP contribution in [0.5, 0.6) is 0 Å². The zero-order valence-corrected chi connectivity index (χ0v) is 19.1. The Hall–Kier alpha value is -1.62. The number of nitrogens with zero attached hydrogens (tertiary/aromatic N) is 2. The maximum absolute atomic E-state index is 12.8. The van der Waals surface area contributed by atoms with E-state index in [-0.39, 0.29) is 29.2 Å². The van der Waals surface area contributed by atoms with Gasteiger partial charge >= 0.3 is 0 Å². The lowest BCUT2D eigenvalue weighted by molar-refractivity contribution is -0.129. The summed E-state index contributed by atoms with van der Waals surface area (Å²) >= 11 is 4.64. The van der Waals surface area contributed by atoms with Crippen LogP contribution >= 0.6 is 34.4 Å². The van der Waals surface area contributed by atoms with Crippen LogP contribution in [-0.4, -0.2) is 59.0 Å². The first-order valence-electron chi connectivity index (χ1n) is 9.27. The highest BCUT2D eigenvalue weighted by atomic mass is 32.2. The van der Waals surface area contributed by atoms with Gasteiger partial charge in [0.25, 0.3) is 0 Å². The van der Waals surface area contributed by atoms with E-state index in [4.69, 9.17) is 4.98 Å². The maximum Gasteiger partial charge on any atom is 0.233 e. The second-order valence-electron chi connectivity index (χ2n) is 6.75. The third-order valence-electron chi connectivity index (χ3n) is 4.85. The number of amides is 1. The van der Waals surface area contributed by atoms with Crippen LogP contribution in [0.3, 0.4) is 0 Å². The number of aromatic amines is 1. The van der Waals surface area contributed by atoms with Crippen molar-refractivity contribution in [2.24, 2.45) is 0 Å². The smallest absolute Gasteiger partial charge is 0.233 e. The van der Waals surface area contributed by atoms with E-state index in [2.05, 4.69) is 4.98 Å². The van der Waals surface area contributed by atoms with Gasteiger partial charge in [0, 0.05) is 12.6 Å². The van der Waals surface area contributed by atoms with Gasteiger partial charge in [-0.15, -0.1) is 22.7 Å². The molecule has 0 bridgehead atoms. The standard InChI is InChI=1S/C19H21N3O3S4/c1-2-22(13-7-10-29(24,25)12-13)16(23)11-28-19-20-17(14-5-3-8-26-14)18(21-19)15-6-4-9-27-15/h3-6,8-9,13H,2,7,10-12H2,1H3,(H,20,21). The number of hydrogen-bond acceptors (Lipinski definition) is 7. The second kappa shape index (κ2) is 8.63. The van der Waals surface area contributed by atoms with Crippen molar-refractivity contribution < 1.29 is 13.2 Å². The van der Waals surface area contributed by atoms with Crippen LogP contribution < -0.4 is 0 Å². The fraction of sp³-hybridized carbons (Fsp3) is 0.368. The fourth-order valence-electron chi connectivity index (χ4n) is 3.48. The number of thioether (sulfide) groups is 1. The van der Waals surface area contributed by atoms with E-state index in [1.807, 2.05) is 41.9 Å². The molecule has 3 aromatic rings. The molecule has 3 aromatic heterocycles. The molecule has 154 valence electrons. The molecule has 10 heteroatoms. The number of H-pyrrole nitrogens is 1. The number of carbonyl (C=O) groups is 1. The second-order valence-corrected chi connectivity index (χ2v) is 11.8. The van der Waals surface area contributed by atoms with E-state index >= 15 is 0 Å². The van der Waals surface area contributed by atoms with E-state index in [0.29, 0.717) is 18.1 Å². The minimum Gasteiger partial charge on any atom is -0.338 e. The van der Waals surface area contributed by atoms with Crippen LogP contribution in [0.4, 0.5) is 0 Å². The van der Waals surface area contributed by atoms with Gasteiger partial charge in [0.15, 0.2) is 15.0 Å².